The summed E-state index contributed by atoms with van der Waals surface area (Å²) in [5.74, 6) is -0.922. The fraction of sp³-hybridized carbons (Fsp3) is 0.800. The van der Waals surface area contributed by atoms with E-state index in [1.165, 1.54) is 109 Å². The molecule has 0 bridgehead atoms. The highest BCUT2D eigenvalue weighted by molar-refractivity contribution is 7.47. The van der Waals surface area contributed by atoms with Crippen molar-refractivity contribution in [2.24, 2.45) is 0 Å². The smallest absolute Gasteiger partial charge is 0.462 e. The number of aliphatic hydroxyl groups is 2. The zero-order chi connectivity index (χ0) is 44.8. The van der Waals surface area contributed by atoms with Gasteiger partial charge < -0.3 is 24.6 Å². The number of aliphatic hydroxyl groups excluding tert-OH is 2. The molecule has 0 amide bonds. The van der Waals surface area contributed by atoms with E-state index in [4.69, 9.17) is 23.6 Å². The van der Waals surface area contributed by atoms with Crippen molar-refractivity contribution in [3.63, 3.8) is 0 Å². The molecule has 0 aromatic carbocycles. The minimum Gasteiger partial charge on any atom is -0.462 e. The second-order valence-corrected chi connectivity index (χ2v) is 17.9. The Hall–Kier alpha value is -2.07. The van der Waals surface area contributed by atoms with E-state index in [1.807, 2.05) is 0 Å². The molecule has 0 aromatic rings. The van der Waals surface area contributed by atoms with Crippen LogP contribution in [0.25, 0.3) is 0 Å². The molecule has 0 rings (SSSR count). The summed E-state index contributed by atoms with van der Waals surface area (Å²) in [7, 11) is -4.62. The van der Waals surface area contributed by atoms with Gasteiger partial charge in [-0.05, 0) is 51.4 Å². The number of phosphoric ester groups is 1. The number of hydrogen-bond donors (Lipinski definition) is 3. The first-order valence-electron chi connectivity index (χ1n) is 24.6. The van der Waals surface area contributed by atoms with Crippen molar-refractivity contribution in [3.8, 4) is 0 Å². The molecule has 10 nitrogen and oxygen atoms in total. The molecule has 0 saturated carbocycles. The summed E-state index contributed by atoms with van der Waals surface area (Å²) in [5, 5.41) is 18.4. The number of phosphoric acid groups is 1. The standard InChI is InChI=1S/C50H91O10P/c1-3-5-7-9-11-13-15-17-19-20-21-22-23-24-25-26-28-30-32-34-36-38-40-42-50(54)60-48(46-59-61(55,56)58-44-47(52)43-51)45-57-49(53)41-39-37-35-33-31-29-27-18-16-14-12-10-8-6-4-2/h5,7,11,13,17,19,21-22,47-48,51-52H,3-4,6,8-10,12,14-16,18,20,23-46H2,1-2H3,(H,55,56)/b7-5-,13-11-,19-17-,22-21-. The Kier molecular flexibility index (Phi) is 44.4. The van der Waals surface area contributed by atoms with Crippen molar-refractivity contribution in [1.29, 1.82) is 0 Å². The quantitative estimate of drug-likeness (QED) is 0.0233. The van der Waals surface area contributed by atoms with Crippen molar-refractivity contribution in [2.45, 2.75) is 232 Å². The van der Waals surface area contributed by atoms with Gasteiger partial charge in [0.15, 0.2) is 6.10 Å². The van der Waals surface area contributed by atoms with Crippen molar-refractivity contribution < 1.29 is 47.8 Å². The third kappa shape index (κ3) is 45.8. The van der Waals surface area contributed by atoms with Crippen LogP contribution in [0.2, 0.25) is 0 Å². The van der Waals surface area contributed by atoms with Crippen LogP contribution >= 0.6 is 7.82 Å². The maximum atomic E-state index is 12.7. The van der Waals surface area contributed by atoms with Crippen LogP contribution in [0.1, 0.15) is 219 Å². The van der Waals surface area contributed by atoms with E-state index in [0.29, 0.717) is 12.8 Å². The SMILES string of the molecule is CC/C=C\C/C=C\C/C=C\C/C=C\CCCCCCCCCCCCC(=O)OC(COC(=O)CCCCCCCCCCCCCCCCC)COP(=O)(O)OCC(O)CO. The lowest BCUT2D eigenvalue weighted by molar-refractivity contribution is -0.161. The molecular weight excluding hydrogens is 792 g/mol. The molecule has 0 spiro atoms. The Morgan fingerprint density at radius 1 is 0.508 bits per heavy atom. The lowest BCUT2D eigenvalue weighted by Gasteiger charge is -2.20. The normalized spacial score (nSPS) is 14.1. The van der Waals surface area contributed by atoms with Crippen LogP contribution in [-0.4, -0.2) is 65.7 Å². The molecule has 3 unspecified atom stereocenters. The summed E-state index contributed by atoms with van der Waals surface area (Å²) in [5.41, 5.74) is 0. The molecular formula is C50H91O10P. The fourth-order valence-corrected chi connectivity index (χ4v) is 7.54. The topological polar surface area (TPSA) is 149 Å². The molecule has 3 N–H and O–H groups in total. The lowest BCUT2D eigenvalue weighted by Crippen LogP contribution is -2.29. The van der Waals surface area contributed by atoms with Gasteiger partial charge in [0.2, 0.25) is 0 Å². The predicted molar refractivity (Wildman–Crippen MR) is 251 cm³/mol. The Bertz CT molecular complexity index is 1150. The highest BCUT2D eigenvalue weighted by Crippen LogP contribution is 2.43. The highest BCUT2D eigenvalue weighted by atomic mass is 31.2. The van der Waals surface area contributed by atoms with Gasteiger partial charge in [0.1, 0.15) is 12.7 Å². The molecule has 0 aliphatic rings. The molecule has 0 radical (unpaired) electrons. The van der Waals surface area contributed by atoms with Gasteiger partial charge in [-0.25, -0.2) is 4.57 Å². The van der Waals surface area contributed by atoms with Crippen molar-refractivity contribution in [1.82, 2.24) is 0 Å². The van der Waals surface area contributed by atoms with Crippen LogP contribution < -0.4 is 0 Å². The van der Waals surface area contributed by atoms with Gasteiger partial charge in [0.25, 0.3) is 0 Å². The van der Waals surface area contributed by atoms with Crippen LogP contribution in [0.3, 0.4) is 0 Å². The number of carbonyl (C=O) groups is 2. The molecule has 0 saturated heterocycles. The van der Waals surface area contributed by atoms with Gasteiger partial charge in [-0.15, -0.1) is 0 Å². The van der Waals surface area contributed by atoms with Crippen molar-refractivity contribution >= 4 is 19.8 Å². The maximum absolute atomic E-state index is 12.7. The number of ether oxygens (including phenoxy) is 2. The number of hydrogen-bond acceptors (Lipinski definition) is 9. The highest BCUT2D eigenvalue weighted by Gasteiger charge is 2.27. The molecule has 0 aliphatic carbocycles. The summed E-state index contributed by atoms with van der Waals surface area (Å²) in [6.07, 6.45) is 50.7. The number of carbonyl (C=O) groups excluding carboxylic acids is 2. The minimum absolute atomic E-state index is 0.179. The molecule has 0 fully saturated rings. The molecule has 11 heteroatoms. The summed E-state index contributed by atoms with van der Waals surface area (Å²) < 4.78 is 32.8. The zero-order valence-corrected chi connectivity index (χ0v) is 39.8. The fourth-order valence-electron chi connectivity index (χ4n) is 6.75. The van der Waals surface area contributed by atoms with E-state index >= 15 is 0 Å². The molecule has 0 heterocycles. The Labute approximate surface area is 373 Å². The second kappa shape index (κ2) is 45.9. The number of unbranched alkanes of at least 4 members (excludes halogenated alkanes) is 24. The lowest BCUT2D eigenvalue weighted by atomic mass is 10.0. The predicted octanol–water partition coefficient (Wildman–Crippen LogP) is 13.7. The van der Waals surface area contributed by atoms with E-state index in [-0.39, 0.29) is 19.4 Å². The van der Waals surface area contributed by atoms with Gasteiger partial charge in [-0.3, -0.25) is 18.6 Å². The van der Waals surface area contributed by atoms with E-state index < -0.39 is 51.8 Å². The summed E-state index contributed by atoms with van der Waals surface area (Å²) >= 11 is 0. The number of rotatable bonds is 46. The molecule has 0 aromatic heterocycles. The maximum Gasteiger partial charge on any atom is 0.472 e. The monoisotopic (exact) mass is 883 g/mol. The average Bonchev–Trinajstić information content (AvgIpc) is 3.25. The molecule has 61 heavy (non-hydrogen) atoms. The van der Waals surface area contributed by atoms with E-state index in [9.17, 15) is 24.2 Å². The van der Waals surface area contributed by atoms with Crippen LogP contribution in [0, 0.1) is 0 Å². The van der Waals surface area contributed by atoms with Crippen molar-refractivity contribution in [2.75, 3.05) is 26.4 Å². The van der Waals surface area contributed by atoms with Crippen molar-refractivity contribution in [3.05, 3.63) is 48.6 Å². The molecule has 356 valence electrons. The van der Waals surface area contributed by atoms with Gasteiger partial charge in [-0.1, -0.05) is 204 Å². The summed E-state index contributed by atoms with van der Waals surface area (Å²) in [4.78, 5) is 35.1. The third-order valence-electron chi connectivity index (χ3n) is 10.5. The Balaban J connectivity index is 4.19. The average molecular weight is 883 g/mol. The first kappa shape index (κ1) is 58.9. The Morgan fingerprint density at radius 3 is 1.36 bits per heavy atom. The summed E-state index contributed by atoms with van der Waals surface area (Å²) in [6, 6.07) is 0. The largest absolute Gasteiger partial charge is 0.472 e. The Morgan fingerprint density at radius 2 is 0.902 bits per heavy atom. The first-order valence-corrected chi connectivity index (χ1v) is 26.1. The second-order valence-electron chi connectivity index (χ2n) is 16.5. The first-order chi connectivity index (χ1) is 29.7. The van der Waals surface area contributed by atoms with E-state index in [2.05, 4.69) is 62.5 Å². The van der Waals surface area contributed by atoms with Crippen LogP contribution in [0.5, 0.6) is 0 Å². The van der Waals surface area contributed by atoms with E-state index in [0.717, 1.165) is 70.6 Å². The molecule has 3 atom stereocenters. The minimum atomic E-state index is -4.62. The van der Waals surface area contributed by atoms with Gasteiger partial charge >= 0.3 is 19.8 Å². The van der Waals surface area contributed by atoms with Crippen LogP contribution in [-0.2, 0) is 32.7 Å². The number of esters is 2. The number of allylic oxidation sites excluding steroid dienone is 8. The van der Waals surface area contributed by atoms with Gasteiger partial charge in [0, 0.05) is 12.8 Å². The van der Waals surface area contributed by atoms with E-state index in [1.54, 1.807) is 0 Å². The zero-order valence-electron chi connectivity index (χ0n) is 38.9. The summed E-state index contributed by atoms with van der Waals surface area (Å²) in [6.45, 7) is 2.29. The van der Waals surface area contributed by atoms with Gasteiger partial charge in [0.05, 0.1) is 19.8 Å². The van der Waals surface area contributed by atoms with Crippen LogP contribution in [0.4, 0.5) is 0 Å². The molecule has 0 aliphatic heterocycles. The van der Waals surface area contributed by atoms with Gasteiger partial charge in [-0.2, -0.15) is 0 Å². The van der Waals surface area contributed by atoms with Crippen LogP contribution in [0.15, 0.2) is 48.6 Å². The third-order valence-corrected chi connectivity index (χ3v) is 11.4.